The van der Waals surface area contributed by atoms with E-state index in [4.69, 9.17) is 4.74 Å². The van der Waals surface area contributed by atoms with E-state index in [9.17, 15) is 8.78 Å². The molecule has 1 N–H and O–H groups in total. The predicted molar refractivity (Wildman–Crippen MR) is 53.8 cm³/mol. The molecule has 1 atom stereocenters. The molecule has 0 aliphatic carbocycles. The second-order valence-electron chi connectivity index (χ2n) is 3.70. The van der Waals surface area contributed by atoms with Gasteiger partial charge in [-0.2, -0.15) is 0 Å². The molecular weight excluding hydrogens is 188 g/mol. The molecule has 86 valence electrons. The van der Waals surface area contributed by atoms with Crippen molar-refractivity contribution in [3.05, 3.63) is 0 Å². The minimum atomic E-state index is -2.37. The molecule has 2 nitrogen and oxygen atoms in total. The van der Waals surface area contributed by atoms with Crippen molar-refractivity contribution in [1.82, 2.24) is 5.32 Å². The summed E-state index contributed by atoms with van der Waals surface area (Å²) in [5.74, 6) is 0. The Labute approximate surface area is 85.0 Å². The van der Waals surface area contributed by atoms with Crippen LogP contribution in [0.25, 0.3) is 0 Å². The topological polar surface area (TPSA) is 21.3 Å². The average molecular weight is 209 g/mol. The van der Waals surface area contributed by atoms with Gasteiger partial charge in [0.25, 0.3) is 6.43 Å². The Bertz CT molecular complexity index is 119. The van der Waals surface area contributed by atoms with E-state index in [2.05, 4.69) is 5.32 Å². The highest BCUT2D eigenvalue weighted by molar-refractivity contribution is 4.63. The van der Waals surface area contributed by atoms with E-state index in [-0.39, 0.29) is 6.10 Å². The lowest BCUT2D eigenvalue weighted by molar-refractivity contribution is -0.0268. The van der Waals surface area contributed by atoms with Crippen molar-refractivity contribution < 1.29 is 13.5 Å². The monoisotopic (exact) mass is 209 g/mol. The van der Waals surface area contributed by atoms with E-state index in [1.807, 2.05) is 20.8 Å². The van der Waals surface area contributed by atoms with Crippen LogP contribution in [-0.4, -0.2) is 31.7 Å². The third-order valence-electron chi connectivity index (χ3n) is 1.82. The average Bonchev–Trinajstić information content (AvgIpc) is 2.09. The molecule has 0 aromatic carbocycles. The Hall–Kier alpha value is -0.220. The Balaban J connectivity index is 3.65. The van der Waals surface area contributed by atoms with Gasteiger partial charge >= 0.3 is 0 Å². The summed E-state index contributed by atoms with van der Waals surface area (Å²) in [7, 11) is 0. The maximum absolute atomic E-state index is 11.9. The molecular formula is C10H21F2NO. The molecule has 0 bridgehead atoms. The van der Waals surface area contributed by atoms with E-state index in [1.54, 1.807) is 0 Å². The molecule has 0 aromatic rings. The maximum atomic E-state index is 11.9. The van der Waals surface area contributed by atoms with Crippen LogP contribution in [-0.2, 0) is 4.74 Å². The van der Waals surface area contributed by atoms with Crippen LogP contribution in [0.1, 0.15) is 33.6 Å². The van der Waals surface area contributed by atoms with Crippen LogP contribution < -0.4 is 5.32 Å². The summed E-state index contributed by atoms with van der Waals surface area (Å²) in [6.45, 7) is 6.27. The van der Waals surface area contributed by atoms with E-state index in [0.717, 1.165) is 12.8 Å². The van der Waals surface area contributed by atoms with Crippen LogP contribution in [0.15, 0.2) is 0 Å². The molecule has 14 heavy (non-hydrogen) atoms. The lowest BCUT2D eigenvalue weighted by Gasteiger charge is -2.19. The van der Waals surface area contributed by atoms with Gasteiger partial charge in [0.15, 0.2) is 0 Å². The quantitative estimate of drug-likeness (QED) is 0.663. The summed E-state index contributed by atoms with van der Waals surface area (Å²) in [5, 5.41) is 3.18. The molecule has 0 heterocycles. The molecule has 0 aromatic heterocycles. The zero-order valence-electron chi connectivity index (χ0n) is 9.22. The largest absolute Gasteiger partial charge is 0.371 e. The minimum absolute atomic E-state index is 0.0867. The first-order chi connectivity index (χ1) is 6.56. The SMILES string of the molecule is CCCC(CNC(C)C)OCC(F)F. The van der Waals surface area contributed by atoms with Crippen molar-refractivity contribution >= 4 is 0 Å². The first kappa shape index (κ1) is 13.8. The Morgan fingerprint density at radius 1 is 1.29 bits per heavy atom. The number of ether oxygens (including phenoxy) is 1. The highest BCUT2D eigenvalue weighted by Crippen LogP contribution is 2.04. The summed E-state index contributed by atoms with van der Waals surface area (Å²) < 4.78 is 28.9. The van der Waals surface area contributed by atoms with E-state index >= 15 is 0 Å². The normalized spacial score (nSPS) is 13.9. The highest BCUT2D eigenvalue weighted by atomic mass is 19.3. The molecule has 0 rings (SSSR count). The second-order valence-corrected chi connectivity index (χ2v) is 3.70. The van der Waals surface area contributed by atoms with Crippen molar-refractivity contribution in [2.24, 2.45) is 0 Å². The Kier molecular flexibility index (Phi) is 7.99. The number of hydrogen-bond donors (Lipinski definition) is 1. The fourth-order valence-electron chi connectivity index (χ4n) is 1.14. The van der Waals surface area contributed by atoms with Gasteiger partial charge in [0.2, 0.25) is 0 Å². The Morgan fingerprint density at radius 2 is 1.93 bits per heavy atom. The molecule has 0 spiro atoms. The fourth-order valence-corrected chi connectivity index (χ4v) is 1.14. The molecule has 0 aliphatic heterocycles. The zero-order chi connectivity index (χ0) is 11.0. The zero-order valence-corrected chi connectivity index (χ0v) is 9.22. The maximum Gasteiger partial charge on any atom is 0.261 e. The van der Waals surface area contributed by atoms with Gasteiger partial charge in [-0.25, -0.2) is 8.78 Å². The van der Waals surface area contributed by atoms with Crippen molar-refractivity contribution in [3.8, 4) is 0 Å². The van der Waals surface area contributed by atoms with Gasteiger partial charge in [-0.3, -0.25) is 0 Å². The van der Waals surface area contributed by atoms with E-state index in [0.29, 0.717) is 12.6 Å². The van der Waals surface area contributed by atoms with Gasteiger partial charge in [0.05, 0.1) is 6.10 Å². The van der Waals surface area contributed by atoms with Crippen molar-refractivity contribution in [2.75, 3.05) is 13.2 Å². The summed E-state index contributed by atoms with van der Waals surface area (Å²) in [6.07, 6.45) is -0.676. The number of alkyl halides is 2. The molecule has 4 heteroatoms. The third-order valence-corrected chi connectivity index (χ3v) is 1.82. The van der Waals surface area contributed by atoms with Gasteiger partial charge in [-0.1, -0.05) is 27.2 Å². The molecule has 0 fully saturated rings. The highest BCUT2D eigenvalue weighted by Gasteiger charge is 2.11. The van der Waals surface area contributed by atoms with Crippen LogP contribution in [0.5, 0.6) is 0 Å². The number of hydrogen-bond acceptors (Lipinski definition) is 2. The van der Waals surface area contributed by atoms with Crippen LogP contribution >= 0.6 is 0 Å². The molecule has 1 unspecified atom stereocenters. The van der Waals surface area contributed by atoms with E-state index < -0.39 is 13.0 Å². The third kappa shape index (κ3) is 8.38. The molecule has 0 saturated carbocycles. The van der Waals surface area contributed by atoms with Gasteiger partial charge in [0.1, 0.15) is 6.61 Å². The molecule has 0 radical (unpaired) electrons. The first-order valence-corrected chi connectivity index (χ1v) is 5.19. The van der Waals surface area contributed by atoms with Crippen LogP contribution in [0.4, 0.5) is 8.78 Å². The summed E-state index contributed by atoms with van der Waals surface area (Å²) in [4.78, 5) is 0. The van der Waals surface area contributed by atoms with Gasteiger partial charge in [-0.15, -0.1) is 0 Å². The van der Waals surface area contributed by atoms with Crippen LogP contribution in [0.3, 0.4) is 0 Å². The van der Waals surface area contributed by atoms with Crippen molar-refractivity contribution in [1.29, 1.82) is 0 Å². The lowest BCUT2D eigenvalue weighted by Crippen LogP contribution is -2.34. The molecule has 0 aliphatic rings. The van der Waals surface area contributed by atoms with Crippen molar-refractivity contribution in [3.63, 3.8) is 0 Å². The van der Waals surface area contributed by atoms with Crippen LogP contribution in [0, 0.1) is 0 Å². The summed E-state index contributed by atoms with van der Waals surface area (Å²) >= 11 is 0. The number of nitrogens with one attached hydrogen (secondary N) is 1. The van der Waals surface area contributed by atoms with E-state index in [1.165, 1.54) is 0 Å². The molecule has 0 saturated heterocycles. The first-order valence-electron chi connectivity index (χ1n) is 5.19. The Morgan fingerprint density at radius 3 is 2.36 bits per heavy atom. The minimum Gasteiger partial charge on any atom is -0.371 e. The second kappa shape index (κ2) is 8.12. The van der Waals surface area contributed by atoms with Crippen molar-refractivity contribution in [2.45, 2.75) is 52.2 Å². The summed E-state index contributed by atoms with van der Waals surface area (Å²) in [5.41, 5.74) is 0. The van der Waals surface area contributed by atoms with Gasteiger partial charge in [-0.05, 0) is 6.42 Å². The number of rotatable bonds is 8. The molecule has 0 amide bonds. The number of halogens is 2. The fraction of sp³-hybridized carbons (Fsp3) is 1.00. The standard InChI is InChI=1S/C10H21F2NO/c1-4-5-9(6-13-8(2)3)14-7-10(11)12/h8-10,13H,4-7H2,1-3H3. The van der Waals surface area contributed by atoms with Crippen LogP contribution in [0.2, 0.25) is 0 Å². The van der Waals surface area contributed by atoms with Gasteiger partial charge < -0.3 is 10.1 Å². The lowest BCUT2D eigenvalue weighted by atomic mass is 10.2. The smallest absolute Gasteiger partial charge is 0.261 e. The predicted octanol–water partition coefficient (Wildman–Crippen LogP) is 2.43. The van der Waals surface area contributed by atoms with Gasteiger partial charge in [0, 0.05) is 12.6 Å². The summed E-state index contributed by atoms with van der Waals surface area (Å²) in [6, 6.07) is 0.365.